The van der Waals surface area contributed by atoms with Gasteiger partial charge in [0.25, 0.3) is 5.91 Å². The van der Waals surface area contributed by atoms with Crippen LogP contribution in [0.4, 0.5) is 5.69 Å². The molecule has 1 aliphatic carbocycles. The summed E-state index contributed by atoms with van der Waals surface area (Å²) >= 11 is 7.69. The van der Waals surface area contributed by atoms with Gasteiger partial charge in [-0.25, -0.2) is 8.42 Å². The molecule has 6 nitrogen and oxygen atoms in total. The number of nitrogens with one attached hydrogen (secondary N) is 1. The number of aryl methyl sites for hydroxylation is 2. The van der Waals surface area contributed by atoms with E-state index < -0.39 is 10.0 Å². The number of sulfonamides is 1. The predicted molar refractivity (Wildman–Crippen MR) is 105 cm³/mol. The molecule has 1 fully saturated rings. The number of benzene rings is 1. The summed E-state index contributed by atoms with van der Waals surface area (Å²) in [4.78, 5) is 14.6. The van der Waals surface area contributed by atoms with Crippen LogP contribution >= 0.6 is 22.9 Å². The third kappa shape index (κ3) is 3.77. The fourth-order valence-corrected chi connectivity index (χ4v) is 6.07. The highest BCUT2D eigenvalue weighted by atomic mass is 35.5. The van der Waals surface area contributed by atoms with E-state index in [1.807, 2.05) is 6.07 Å². The number of nitrogens with zero attached hydrogens (tertiary/aromatic N) is 1. The molecule has 2 aromatic rings. The van der Waals surface area contributed by atoms with Crippen molar-refractivity contribution < 1.29 is 17.9 Å². The number of carbonyl (C=O) groups excluding carboxylic acids is 1. The van der Waals surface area contributed by atoms with E-state index >= 15 is 0 Å². The lowest BCUT2D eigenvalue weighted by molar-refractivity contribution is 0.0730. The van der Waals surface area contributed by atoms with Crippen molar-refractivity contribution in [2.75, 3.05) is 31.6 Å². The summed E-state index contributed by atoms with van der Waals surface area (Å²) in [6.07, 6.45) is 3.16. The fraction of sp³-hybridized carbons (Fsp3) is 0.389. The maximum atomic E-state index is 12.8. The number of hydrogen-bond donors (Lipinski definition) is 1. The number of hydrogen-bond acceptors (Lipinski definition) is 5. The Morgan fingerprint density at radius 3 is 2.70 bits per heavy atom. The van der Waals surface area contributed by atoms with Crippen LogP contribution in [0.5, 0.6) is 0 Å². The van der Waals surface area contributed by atoms with Crippen LogP contribution in [-0.2, 0) is 27.6 Å². The first-order chi connectivity index (χ1) is 12.9. The Kier molecular flexibility index (Phi) is 5.26. The van der Waals surface area contributed by atoms with Gasteiger partial charge in [0.2, 0.25) is 10.0 Å². The van der Waals surface area contributed by atoms with Gasteiger partial charge >= 0.3 is 0 Å². The lowest BCUT2D eigenvalue weighted by Gasteiger charge is -2.26. The summed E-state index contributed by atoms with van der Waals surface area (Å²) in [6, 6.07) is 6.30. The zero-order chi connectivity index (χ0) is 19.0. The molecule has 9 heteroatoms. The van der Waals surface area contributed by atoms with Gasteiger partial charge in [-0.15, -0.1) is 11.3 Å². The standard InChI is InChI=1S/C18H19ClN2O4S2/c19-14-5-4-13(27(23,24)21-6-8-25-9-7-21)11-15(14)20-18(22)17-10-12-2-1-3-16(12)26-17/h4-5,10-11H,1-3,6-9H2,(H,20,22). The van der Waals surface area contributed by atoms with E-state index in [0.717, 1.165) is 19.3 Å². The van der Waals surface area contributed by atoms with Crippen molar-refractivity contribution in [2.45, 2.75) is 24.2 Å². The molecule has 1 N–H and O–H groups in total. The van der Waals surface area contributed by atoms with E-state index in [-0.39, 0.29) is 10.8 Å². The van der Waals surface area contributed by atoms with E-state index in [9.17, 15) is 13.2 Å². The number of rotatable bonds is 4. The van der Waals surface area contributed by atoms with Crippen molar-refractivity contribution in [3.8, 4) is 0 Å². The normalized spacial score (nSPS) is 17.7. The molecule has 1 aromatic heterocycles. The Balaban J connectivity index is 1.57. The molecule has 0 unspecified atom stereocenters. The van der Waals surface area contributed by atoms with Crippen LogP contribution in [0, 0.1) is 0 Å². The first-order valence-corrected chi connectivity index (χ1v) is 11.4. The zero-order valence-electron chi connectivity index (χ0n) is 14.5. The molecule has 4 rings (SSSR count). The maximum absolute atomic E-state index is 12.8. The van der Waals surface area contributed by atoms with Crippen LogP contribution in [0.3, 0.4) is 0 Å². The van der Waals surface area contributed by atoms with Gasteiger partial charge in [-0.05, 0) is 49.1 Å². The quantitative estimate of drug-likeness (QED) is 0.814. The minimum Gasteiger partial charge on any atom is -0.379 e. The van der Waals surface area contributed by atoms with E-state index in [1.54, 1.807) is 0 Å². The van der Waals surface area contributed by atoms with Crippen molar-refractivity contribution in [1.29, 1.82) is 0 Å². The smallest absolute Gasteiger partial charge is 0.265 e. The number of amides is 1. The maximum Gasteiger partial charge on any atom is 0.265 e. The first-order valence-electron chi connectivity index (χ1n) is 8.75. The number of carbonyl (C=O) groups is 1. The summed E-state index contributed by atoms with van der Waals surface area (Å²) < 4.78 is 32.2. The summed E-state index contributed by atoms with van der Waals surface area (Å²) in [6.45, 7) is 1.37. The van der Waals surface area contributed by atoms with E-state index in [0.29, 0.717) is 41.9 Å². The van der Waals surface area contributed by atoms with Crippen LogP contribution in [0.2, 0.25) is 5.02 Å². The lowest BCUT2D eigenvalue weighted by Crippen LogP contribution is -2.40. The van der Waals surface area contributed by atoms with E-state index in [2.05, 4.69) is 5.32 Å². The third-order valence-corrected chi connectivity index (χ3v) is 8.22. The molecule has 1 aliphatic heterocycles. The molecule has 0 atom stereocenters. The highest BCUT2D eigenvalue weighted by Gasteiger charge is 2.27. The number of ether oxygens (including phenoxy) is 1. The zero-order valence-corrected chi connectivity index (χ0v) is 16.9. The van der Waals surface area contributed by atoms with Gasteiger partial charge in [0.1, 0.15) is 0 Å². The highest BCUT2D eigenvalue weighted by molar-refractivity contribution is 7.89. The molecular weight excluding hydrogens is 408 g/mol. The molecule has 0 spiro atoms. The number of anilines is 1. The Morgan fingerprint density at radius 1 is 1.19 bits per heavy atom. The molecule has 2 aliphatic rings. The average Bonchev–Trinajstić information content (AvgIpc) is 3.26. The fourth-order valence-electron chi connectivity index (χ4n) is 3.32. The van der Waals surface area contributed by atoms with Gasteiger partial charge in [-0.1, -0.05) is 11.6 Å². The number of halogens is 1. The molecular formula is C18H19ClN2O4S2. The predicted octanol–water partition coefficient (Wildman–Crippen LogP) is 3.16. The molecule has 1 aromatic carbocycles. The SMILES string of the molecule is O=C(Nc1cc(S(=O)(=O)N2CCOCC2)ccc1Cl)c1cc2c(s1)CCC2. The summed E-state index contributed by atoms with van der Waals surface area (Å²) in [5.74, 6) is -0.266. The van der Waals surface area contributed by atoms with Crippen molar-refractivity contribution in [1.82, 2.24) is 4.31 Å². The number of morpholine rings is 1. The Labute approximate surface area is 167 Å². The Hall–Kier alpha value is -1.45. The van der Waals surface area contributed by atoms with Gasteiger partial charge in [-0.3, -0.25) is 4.79 Å². The molecule has 0 radical (unpaired) electrons. The van der Waals surface area contributed by atoms with Crippen LogP contribution in [0.1, 0.15) is 26.5 Å². The molecule has 1 saturated heterocycles. The van der Waals surface area contributed by atoms with Crippen molar-refractivity contribution in [2.24, 2.45) is 0 Å². The second kappa shape index (κ2) is 7.52. The van der Waals surface area contributed by atoms with Crippen molar-refractivity contribution in [3.05, 3.63) is 44.6 Å². The molecule has 0 bridgehead atoms. The Morgan fingerprint density at radius 2 is 1.96 bits per heavy atom. The minimum atomic E-state index is -3.65. The summed E-state index contributed by atoms with van der Waals surface area (Å²) in [5, 5.41) is 3.06. The molecule has 2 heterocycles. The van der Waals surface area contributed by atoms with Crippen LogP contribution < -0.4 is 5.32 Å². The van der Waals surface area contributed by atoms with Gasteiger partial charge in [0.15, 0.2) is 0 Å². The summed E-state index contributed by atoms with van der Waals surface area (Å²) in [5.41, 5.74) is 1.53. The molecule has 27 heavy (non-hydrogen) atoms. The minimum absolute atomic E-state index is 0.109. The highest BCUT2D eigenvalue weighted by Crippen LogP contribution is 2.32. The second-order valence-corrected chi connectivity index (χ2v) is 10.0. The first kappa shape index (κ1) is 18.9. The lowest BCUT2D eigenvalue weighted by atomic mass is 10.2. The largest absolute Gasteiger partial charge is 0.379 e. The monoisotopic (exact) mass is 426 g/mol. The number of fused-ring (bicyclic) bond motifs is 1. The average molecular weight is 427 g/mol. The third-order valence-electron chi connectivity index (χ3n) is 4.76. The van der Waals surface area contributed by atoms with Gasteiger partial charge in [0, 0.05) is 18.0 Å². The van der Waals surface area contributed by atoms with Crippen LogP contribution in [-0.4, -0.2) is 44.9 Å². The molecule has 144 valence electrons. The topological polar surface area (TPSA) is 75.7 Å². The molecule has 1 amide bonds. The van der Waals surface area contributed by atoms with E-state index in [1.165, 1.54) is 44.3 Å². The van der Waals surface area contributed by atoms with Gasteiger partial charge in [0.05, 0.1) is 33.7 Å². The molecule has 0 saturated carbocycles. The van der Waals surface area contributed by atoms with Crippen molar-refractivity contribution in [3.63, 3.8) is 0 Å². The second-order valence-electron chi connectivity index (χ2n) is 6.52. The van der Waals surface area contributed by atoms with Gasteiger partial charge < -0.3 is 10.1 Å². The number of thiophene rings is 1. The Bertz CT molecular complexity index is 960. The van der Waals surface area contributed by atoms with Crippen LogP contribution in [0.15, 0.2) is 29.2 Å². The van der Waals surface area contributed by atoms with Crippen molar-refractivity contribution >= 4 is 44.6 Å². The van der Waals surface area contributed by atoms with E-state index in [4.69, 9.17) is 16.3 Å². The van der Waals surface area contributed by atoms with Gasteiger partial charge in [-0.2, -0.15) is 4.31 Å². The van der Waals surface area contributed by atoms with Crippen LogP contribution in [0.25, 0.3) is 0 Å². The summed E-state index contributed by atoms with van der Waals surface area (Å²) in [7, 11) is -3.65.